The number of rotatable bonds is 8. The van der Waals surface area contributed by atoms with Gasteiger partial charge in [-0.2, -0.15) is 8.42 Å². The van der Waals surface area contributed by atoms with Crippen molar-refractivity contribution in [3.05, 3.63) is 65.2 Å². The van der Waals surface area contributed by atoms with Crippen LogP contribution in [0.25, 0.3) is 0 Å². The highest BCUT2D eigenvalue weighted by atomic mass is 32.2. The number of nitrogens with zero attached hydrogens (tertiary/aromatic N) is 1. The molecule has 0 aromatic heterocycles. The summed E-state index contributed by atoms with van der Waals surface area (Å²) in [6.07, 6.45) is -0.533. The molecule has 2 atom stereocenters. The minimum atomic E-state index is -4.11. The Bertz CT molecular complexity index is 1180. The molecule has 2 rings (SSSR count). The van der Waals surface area contributed by atoms with Crippen molar-refractivity contribution >= 4 is 22.0 Å². The molecule has 2 aromatic carbocycles. The van der Waals surface area contributed by atoms with Gasteiger partial charge in [0.05, 0.1) is 22.5 Å². The highest BCUT2D eigenvalue weighted by Crippen LogP contribution is 2.40. The van der Waals surface area contributed by atoms with E-state index in [1.807, 2.05) is 71.0 Å². The second kappa shape index (κ2) is 11.5. The predicted molar refractivity (Wildman–Crippen MR) is 144 cm³/mol. The molecule has 0 radical (unpaired) electrons. The summed E-state index contributed by atoms with van der Waals surface area (Å²) in [5.41, 5.74) is 0.459. The zero-order valence-electron chi connectivity index (χ0n) is 22.9. The molecule has 0 heterocycles. The van der Waals surface area contributed by atoms with Crippen LogP contribution in [0.3, 0.4) is 0 Å². The van der Waals surface area contributed by atoms with Crippen LogP contribution in [-0.4, -0.2) is 32.1 Å². The minimum Gasteiger partial charge on any atom is -0.477 e. The summed E-state index contributed by atoms with van der Waals surface area (Å²) in [6, 6.07) is 13.9. The first-order valence-corrected chi connectivity index (χ1v) is 13.7. The van der Waals surface area contributed by atoms with Gasteiger partial charge in [0.15, 0.2) is 0 Å². The molecule has 0 aliphatic carbocycles. The van der Waals surface area contributed by atoms with E-state index in [0.717, 1.165) is 11.1 Å². The van der Waals surface area contributed by atoms with Gasteiger partial charge in [0, 0.05) is 0 Å². The molecule has 198 valence electrons. The molecule has 1 amide bonds. The van der Waals surface area contributed by atoms with Crippen molar-refractivity contribution in [3.8, 4) is 0 Å². The zero-order chi connectivity index (χ0) is 27.3. The van der Waals surface area contributed by atoms with E-state index in [1.54, 1.807) is 39.8 Å². The molecule has 0 saturated heterocycles. The molecule has 8 heteroatoms. The second-order valence-corrected chi connectivity index (χ2v) is 12.1. The van der Waals surface area contributed by atoms with Crippen molar-refractivity contribution in [2.45, 2.75) is 91.4 Å². The van der Waals surface area contributed by atoms with E-state index in [2.05, 4.69) is 9.71 Å². The molecule has 0 saturated carbocycles. The average molecular weight is 517 g/mol. The number of aryl methyl sites for hydroxylation is 2. The largest absolute Gasteiger partial charge is 0.477 e. The average Bonchev–Trinajstić information content (AvgIpc) is 2.77. The van der Waals surface area contributed by atoms with Gasteiger partial charge < -0.3 is 14.8 Å². The van der Waals surface area contributed by atoms with Crippen LogP contribution in [0.4, 0.5) is 4.79 Å². The molecular formula is C28H40N2O5S. The van der Waals surface area contributed by atoms with Crippen LogP contribution >= 0.6 is 0 Å². The van der Waals surface area contributed by atoms with Gasteiger partial charge >= 0.3 is 6.09 Å². The van der Waals surface area contributed by atoms with Crippen molar-refractivity contribution in [2.75, 3.05) is 0 Å². The van der Waals surface area contributed by atoms with E-state index >= 15 is 0 Å². The molecular weight excluding hydrogens is 476 g/mol. The van der Waals surface area contributed by atoms with Crippen LogP contribution in [0.1, 0.15) is 77.6 Å². The summed E-state index contributed by atoms with van der Waals surface area (Å²) in [5.74, 6) is 0.0332. The topological polar surface area (TPSA) is 94.1 Å². The second-order valence-electron chi connectivity index (χ2n) is 10.6. The predicted octanol–water partition coefficient (Wildman–Crippen LogP) is 6.50. The summed E-state index contributed by atoms with van der Waals surface area (Å²) in [4.78, 5) is 13.0. The SMILES string of the molecule is CC[C@@](C)(/C(=N/S(=O)(=O)c1cc(C)ccc1C)OC(C)C)[C@@H](NC(=O)OC(C)(C)C)c1ccccc1. The lowest BCUT2D eigenvalue weighted by molar-refractivity contribution is 0.0460. The Morgan fingerprint density at radius 3 is 2.17 bits per heavy atom. The zero-order valence-corrected chi connectivity index (χ0v) is 23.7. The number of nitrogens with one attached hydrogen (secondary N) is 1. The number of ether oxygens (including phenoxy) is 2. The van der Waals surface area contributed by atoms with Gasteiger partial charge in [-0.25, -0.2) is 4.79 Å². The molecule has 0 unspecified atom stereocenters. The van der Waals surface area contributed by atoms with E-state index in [4.69, 9.17) is 9.47 Å². The van der Waals surface area contributed by atoms with Gasteiger partial charge in [-0.05, 0) is 84.6 Å². The third-order valence-electron chi connectivity index (χ3n) is 5.83. The molecule has 0 bridgehead atoms. The summed E-state index contributed by atoms with van der Waals surface area (Å²) in [6.45, 7) is 16.3. The van der Waals surface area contributed by atoms with Crippen LogP contribution in [0.2, 0.25) is 0 Å². The fraction of sp³-hybridized carbons (Fsp3) is 0.500. The number of alkyl carbamates (subject to hydrolysis) is 1. The normalized spacial score (nSPS) is 15.2. The lowest BCUT2D eigenvalue weighted by Gasteiger charge is -2.38. The number of carbonyl (C=O) groups excluding carboxylic acids is 1. The Hall–Kier alpha value is -2.87. The van der Waals surface area contributed by atoms with E-state index < -0.39 is 33.2 Å². The van der Waals surface area contributed by atoms with Crippen molar-refractivity contribution in [2.24, 2.45) is 9.81 Å². The van der Waals surface area contributed by atoms with Gasteiger partial charge in [-0.3, -0.25) is 0 Å². The minimum absolute atomic E-state index is 0.0332. The number of sulfonamides is 1. The maximum absolute atomic E-state index is 13.5. The maximum Gasteiger partial charge on any atom is 0.408 e. The summed E-state index contributed by atoms with van der Waals surface area (Å²) < 4.78 is 43.0. The van der Waals surface area contributed by atoms with Crippen LogP contribution < -0.4 is 5.32 Å². The van der Waals surface area contributed by atoms with Gasteiger partial charge in [-0.15, -0.1) is 4.40 Å². The Kier molecular flexibility index (Phi) is 9.34. The fourth-order valence-corrected chi connectivity index (χ4v) is 5.17. The van der Waals surface area contributed by atoms with Crippen LogP contribution in [0.5, 0.6) is 0 Å². The Morgan fingerprint density at radius 1 is 1.03 bits per heavy atom. The number of amides is 1. The van der Waals surface area contributed by atoms with Crippen molar-refractivity contribution in [1.29, 1.82) is 0 Å². The van der Waals surface area contributed by atoms with Crippen molar-refractivity contribution < 1.29 is 22.7 Å². The molecule has 1 N–H and O–H groups in total. The highest BCUT2D eigenvalue weighted by Gasteiger charge is 2.43. The first-order valence-electron chi connectivity index (χ1n) is 12.2. The van der Waals surface area contributed by atoms with Gasteiger partial charge in [-0.1, -0.05) is 49.4 Å². The van der Waals surface area contributed by atoms with E-state index in [1.165, 1.54) is 0 Å². The molecule has 0 aliphatic rings. The molecule has 7 nitrogen and oxygen atoms in total. The van der Waals surface area contributed by atoms with E-state index in [9.17, 15) is 13.2 Å². The number of benzene rings is 2. The molecule has 2 aromatic rings. The van der Waals surface area contributed by atoms with Crippen LogP contribution in [0.15, 0.2) is 57.8 Å². The lowest BCUT2D eigenvalue weighted by atomic mass is 9.76. The molecule has 36 heavy (non-hydrogen) atoms. The van der Waals surface area contributed by atoms with E-state index in [0.29, 0.717) is 12.0 Å². The lowest BCUT2D eigenvalue weighted by Crippen LogP contribution is -2.47. The van der Waals surface area contributed by atoms with Gasteiger partial charge in [0.2, 0.25) is 5.90 Å². The summed E-state index contributed by atoms with van der Waals surface area (Å²) in [5, 5.41) is 2.96. The van der Waals surface area contributed by atoms with Gasteiger partial charge in [0.1, 0.15) is 5.60 Å². The third kappa shape index (κ3) is 7.56. The van der Waals surface area contributed by atoms with Crippen LogP contribution in [-0.2, 0) is 19.5 Å². The number of carbonyl (C=O) groups is 1. The molecule has 0 aliphatic heterocycles. The highest BCUT2D eigenvalue weighted by molar-refractivity contribution is 7.90. The molecule has 0 spiro atoms. The first kappa shape index (κ1) is 29.4. The van der Waals surface area contributed by atoms with E-state index in [-0.39, 0.29) is 16.9 Å². The smallest absolute Gasteiger partial charge is 0.408 e. The van der Waals surface area contributed by atoms with Crippen molar-refractivity contribution in [1.82, 2.24) is 5.32 Å². The number of hydrogen-bond acceptors (Lipinski definition) is 5. The Balaban J connectivity index is 2.72. The van der Waals surface area contributed by atoms with Crippen LogP contribution in [0, 0.1) is 19.3 Å². The number of hydrogen-bond donors (Lipinski definition) is 1. The first-order chi connectivity index (χ1) is 16.6. The summed E-state index contributed by atoms with van der Waals surface area (Å²) >= 11 is 0. The van der Waals surface area contributed by atoms with Gasteiger partial charge in [0.25, 0.3) is 10.0 Å². The Labute approximate surface area is 216 Å². The molecule has 0 fully saturated rings. The summed E-state index contributed by atoms with van der Waals surface area (Å²) in [7, 11) is -4.11. The Morgan fingerprint density at radius 2 is 1.64 bits per heavy atom. The fourth-order valence-electron chi connectivity index (χ4n) is 3.79. The monoisotopic (exact) mass is 516 g/mol. The van der Waals surface area contributed by atoms with Crippen molar-refractivity contribution in [3.63, 3.8) is 0 Å². The quantitative estimate of drug-likeness (QED) is 0.319. The third-order valence-corrected chi connectivity index (χ3v) is 7.23. The standard InChI is InChI=1S/C28H40N2O5S/c1-10-28(9,24(22-14-12-11-13-15-22)29-26(31)35-27(6,7)8)25(34-19(2)3)30-36(32,33)23-18-20(4)16-17-21(23)5/h11-19,24H,10H2,1-9H3,(H,29,31)/b30-25-/t24-,28+/m0/s1. The maximum atomic E-state index is 13.5.